The Hall–Kier alpha value is -3.71. The molecule has 7 heteroatoms. The fraction of sp³-hybridized carbons (Fsp3) is 0.241. The molecule has 0 aliphatic heterocycles. The Balaban J connectivity index is 1.46. The van der Waals surface area contributed by atoms with Crippen molar-refractivity contribution in [2.24, 2.45) is 0 Å². The van der Waals surface area contributed by atoms with Crippen LogP contribution in [0, 0.1) is 0 Å². The molecule has 2 N–H and O–H groups in total. The minimum Gasteiger partial charge on any atom is -0.497 e. The van der Waals surface area contributed by atoms with Gasteiger partial charge in [-0.3, -0.25) is 4.79 Å². The number of rotatable bonds is 10. The van der Waals surface area contributed by atoms with E-state index in [0.717, 1.165) is 44.9 Å². The third kappa shape index (κ3) is 6.29. The van der Waals surface area contributed by atoms with E-state index in [1.54, 1.807) is 14.2 Å². The Kier molecular flexibility index (Phi) is 8.33. The average molecular weight is 502 g/mol. The summed E-state index contributed by atoms with van der Waals surface area (Å²) in [7, 11) is 3.30. The molecule has 0 aliphatic carbocycles. The summed E-state index contributed by atoms with van der Waals surface area (Å²) >= 11 is 1.53. The molecule has 0 bridgehead atoms. The van der Waals surface area contributed by atoms with Crippen LogP contribution >= 0.6 is 11.8 Å². The number of aromatic amines is 1. The SMILES string of the molecule is COc1ccc(-c2nc(SCCC(=O)Nc3ccc(C(C)C)cc3)[nH]c2-c2ccc(OC)cc2)cc1. The molecule has 3 aromatic carbocycles. The van der Waals surface area contributed by atoms with Gasteiger partial charge in [0.1, 0.15) is 11.5 Å². The number of H-pyrrole nitrogens is 1. The number of nitrogens with one attached hydrogen (secondary N) is 2. The van der Waals surface area contributed by atoms with E-state index in [1.165, 1.54) is 17.3 Å². The number of amides is 1. The first-order valence-electron chi connectivity index (χ1n) is 11.9. The summed E-state index contributed by atoms with van der Waals surface area (Å²) in [4.78, 5) is 20.8. The maximum Gasteiger partial charge on any atom is 0.225 e. The highest BCUT2D eigenvalue weighted by atomic mass is 32.2. The van der Waals surface area contributed by atoms with Crippen molar-refractivity contribution in [1.82, 2.24) is 9.97 Å². The second-order valence-electron chi connectivity index (χ2n) is 8.65. The fourth-order valence-corrected chi connectivity index (χ4v) is 4.57. The summed E-state index contributed by atoms with van der Waals surface area (Å²) in [5.74, 6) is 2.64. The number of methoxy groups -OCH3 is 2. The minimum absolute atomic E-state index is 0.0166. The average Bonchev–Trinajstić information content (AvgIpc) is 3.33. The van der Waals surface area contributed by atoms with Gasteiger partial charge in [0.25, 0.3) is 0 Å². The first-order valence-corrected chi connectivity index (χ1v) is 12.9. The van der Waals surface area contributed by atoms with Gasteiger partial charge in [-0.25, -0.2) is 4.98 Å². The van der Waals surface area contributed by atoms with Crippen LogP contribution in [0.4, 0.5) is 5.69 Å². The van der Waals surface area contributed by atoms with Gasteiger partial charge in [-0.1, -0.05) is 37.7 Å². The van der Waals surface area contributed by atoms with E-state index in [2.05, 4.69) is 36.3 Å². The summed E-state index contributed by atoms with van der Waals surface area (Å²) in [5.41, 5.74) is 5.81. The maximum atomic E-state index is 12.5. The van der Waals surface area contributed by atoms with E-state index in [-0.39, 0.29) is 5.91 Å². The second kappa shape index (κ2) is 11.8. The lowest BCUT2D eigenvalue weighted by Crippen LogP contribution is -2.12. The van der Waals surface area contributed by atoms with Gasteiger partial charge in [-0.2, -0.15) is 0 Å². The molecule has 1 aromatic heterocycles. The van der Waals surface area contributed by atoms with Crippen LogP contribution < -0.4 is 14.8 Å². The van der Waals surface area contributed by atoms with Gasteiger partial charge >= 0.3 is 0 Å². The van der Waals surface area contributed by atoms with Crippen LogP contribution in [0.5, 0.6) is 11.5 Å². The smallest absolute Gasteiger partial charge is 0.225 e. The zero-order chi connectivity index (χ0) is 25.5. The minimum atomic E-state index is -0.0166. The molecule has 1 heterocycles. The summed E-state index contributed by atoms with van der Waals surface area (Å²) < 4.78 is 10.6. The Labute approximate surface area is 216 Å². The van der Waals surface area contributed by atoms with Crippen molar-refractivity contribution in [2.45, 2.75) is 31.3 Å². The van der Waals surface area contributed by atoms with Crippen LogP contribution in [0.25, 0.3) is 22.5 Å². The van der Waals surface area contributed by atoms with E-state index in [1.807, 2.05) is 60.7 Å². The van der Waals surface area contributed by atoms with Gasteiger partial charge in [0, 0.05) is 29.0 Å². The molecule has 4 aromatic rings. The predicted octanol–water partition coefficient (Wildman–Crippen LogP) is 7.01. The van der Waals surface area contributed by atoms with E-state index in [4.69, 9.17) is 14.5 Å². The number of carbonyl (C=O) groups is 1. The molecule has 36 heavy (non-hydrogen) atoms. The van der Waals surface area contributed by atoms with Crippen LogP contribution in [0.2, 0.25) is 0 Å². The van der Waals surface area contributed by atoms with Crippen LogP contribution in [0.3, 0.4) is 0 Å². The number of carbonyl (C=O) groups excluding carboxylic acids is 1. The Bertz CT molecular complexity index is 1220. The van der Waals surface area contributed by atoms with Crippen molar-refractivity contribution in [2.75, 3.05) is 25.3 Å². The van der Waals surface area contributed by atoms with Crippen molar-refractivity contribution >= 4 is 23.4 Å². The number of imidazole rings is 1. The Morgan fingerprint density at radius 1 is 0.889 bits per heavy atom. The molecule has 186 valence electrons. The third-order valence-corrected chi connectivity index (χ3v) is 6.73. The predicted molar refractivity (Wildman–Crippen MR) is 147 cm³/mol. The molecule has 0 saturated carbocycles. The number of hydrogen-bond acceptors (Lipinski definition) is 5. The number of aromatic nitrogens is 2. The molecule has 0 aliphatic rings. The summed E-state index contributed by atoms with van der Waals surface area (Å²) in [6.07, 6.45) is 0.382. The van der Waals surface area contributed by atoms with Crippen molar-refractivity contribution in [3.8, 4) is 34.0 Å². The fourth-order valence-electron chi connectivity index (χ4n) is 3.76. The lowest BCUT2D eigenvalue weighted by atomic mass is 10.0. The number of ether oxygens (including phenoxy) is 2. The van der Waals surface area contributed by atoms with Crippen molar-refractivity contribution in [3.63, 3.8) is 0 Å². The van der Waals surface area contributed by atoms with Gasteiger partial charge in [0.05, 0.1) is 25.6 Å². The molecule has 4 rings (SSSR count). The maximum absolute atomic E-state index is 12.5. The first-order chi connectivity index (χ1) is 17.5. The van der Waals surface area contributed by atoms with Crippen LogP contribution in [-0.4, -0.2) is 35.8 Å². The lowest BCUT2D eigenvalue weighted by molar-refractivity contribution is -0.115. The van der Waals surface area contributed by atoms with Crippen LogP contribution in [-0.2, 0) is 4.79 Å². The lowest BCUT2D eigenvalue weighted by Gasteiger charge is -2.08. The highest BCUT2D eigenvalue weighted by Gasteiger charge is 2.15. The first kappa shape index (κ1) is 25.4. The molecule has 1 amide bonds. The molecule has 0 fully saturated rings. The quantitative estimate of drug-likeness (QED) is 0.229. The molecular formula is C29H31N3O3S. The summed E-state index contributed by atoms with van der Waals surface area (Å²) in [6.45, 7) is 4.30. The molecule has 0 radical (unpaired) electrons. The number of anilines is 1. The zero-order valence-corrected chi connectivity index (χ0v) is 21.8. The van der Waals surface area contributed by atoms with Crippen molar-refractivity contribution in [3.05, 3.63) is 78.4 Å². The Morgan fingerprint density at radius 2 is 1.47 bits per heavy atom. The van der Waals surface area contributed by atoms with Crippen LogP contribution in [0.15, 0.2) is 78.0 Å². The van der Waals surface area contributed by atoms with E-state index < -0.39 is 0 Å². The van der Waals surface area contributed by atoms with Crippen LogP contribution in [0.1, 0.15) is 31.7 Å². The molecular weight excluding hydrogens is 470 g/mol. The number of nitrogens with zero attached hydrogens (tertiary/aromatic N) is 1. The normalized spacial score (nSPS) is 10.9. The summed E-state index contributed by atoms with van der Waals surface area (Å²) in [6, 6.07) is 23.7. The van der Waals surface area contributed by atoms with Gasteiger partial charge in [0.15, 0.2) is 5.16 Å². The monoisotopic (exact) mass is 501 g/mol. The van der Waals surface area contributed by atoms with E-state index >= 15 is 0 Å². The van der Waals surface area contributed by atoms with Gasteiger partial charge < -0.3 is 19.8 Å². The van der Waals surface area contributed by atoms with Crippen molar-refractivity contribution in [1.29, 1.82) is 0 Å². The Morgan fingerprint density at radius 3 is 2.03 bits per heavy atom. The largest absolute Gasteiger partial charge is 0.497 e. The second-order valence-corrected chi connectivity index (χ2v) is 9.73. The molecule has 0 saturated heterocycles. The van der Waals surface area contributed by atoms with E-state index in [0.29, 0.717) is 18.1 Å². The standard InChI is InChI=1S/C29H31N3O3S/c1-19(2)20-5-11-23(12-6-20)30-26(33)17-18-36-29-31-27(21-7-13-24(34-3)14-8-21)28(32-29)22-9-15-25(35-4)16-10-22/h5-16,19H,17-18H2,1-4H3,(H,30,33)(H,31,32). The molecule has 0 unspecified atom stereocenters. The number of thioether (sulfide) groups is 1. The summed E-state index contributed by atoms with van der Waals surface area (Å²) in [5, 5.41) is 3.74. The van der Waals surface area contributed by atoms with E-state index in [9.17, 15) is 4.79 Å². The molecule has 0 atom stereocenters. The van der Waals surface area contributed by atoms with Gasteiger partial charge in [-0.05, 0) is 72.1 Å². The van der Waals surface area contributed by atoms with Gasteiger partial charge in [-0.15, -0.1) is 0 Å². The zero-order valence-electron chi connectivity index (χ0n) is 21.0. The third-order valence-electron chi connectivity index (χ3n) is 5.85. The molecule has 6 nitrogen and oxygen atoms in total. The topological polar surface area (TPSA) is 76.2 Å². The highest BCUT2D eigenvalue weighted by Crippen LogP contribution is 2.34. The highest BCUT2D eigenvalue weighted by molar-refractivity contribution is 7.99. The van der Waals surface area contributed by atoms with Gasteiger partial charge in [0.2, 0.25) is 5.91 Å². The number of hydrogen-bond donors (Lipinski definition) is 2. The molecule has 0 spiro atoms. The van der Waals surface area contributed by atoms with Crippen molar-refractivity contribution < 1.29 is 14.3 Å². The number of benzene rings is 3.